The lowest BCUT2D eigenvalue weighted by atomic mass is 10.2. The van der Waals surface area contributed by atoms with Crippen LogP contribution < -0.4 is 24.3 Å². The van der Waals surface area contributed by atoms with E-state index in [1.54, 1.807) is 23.9 Å². The van der Waals surface area contributed by atoms with Crippen LogP contribution >= 0.6 is 11.8 Å². The highest BCUT2D eigenvalue weighted by atomic mass is 32.2. The summed E-state index contributed by atoms with van der Waals surface area (Å²) in [6.45, 7) is 1.96. The summed E-state index contributed by atoms with van der Waals surface area (Å²) in [4.78, 5) is 12.5. The number of hydrogen-bond donors (Lipinski definition) is 1. The number of aryl methyl sites for hydroxylation is 1. The van der Waals surface area contributed by atoms with Crippen LogP contribution in [0.3, 0.4) is 0 Å². The third kappa shape index (κ3) is 5.00. The van der Waals surface area contributed by atoms with Gasteiger partial charge in [-0.3, -0.25) is 4.79 Å². The lowest BCUT2D eigenvalue weighted by Crippen LogP contribution is -2.15. The molecule has 0 bridgehead atoms. The van der Waals surface area contributed by atoms with E-state index in [-0.39, 0.29) is 11.7 Å². The Hall–Kier alpha value is -3.47. The zero-order valence-corrected chi connectivity index (χ0v) is 18.6. The fraction of sp³-hybridized carbons (Fsp3) is 0.300. The number of carbonyl (C=O) groups excluding carboxylic acids is 1. The molecule has 3 rings (SSSR count). The fourth-order valence-corrected chi connectivity index (χ4v) is 3.55. The van der Waals surface area contributed by atoms with Crippen molar-refractivity contribution in [1.29, 1.82) is 0 Å². The summed E-state index contributed by atoms with van der Waals surface area (Å²) < 4.78 is 22.9. The maximum atomic E-state index is 12.5. The highest BCUT2D eigenvalue weighted by molar-refractivity contribution is 7.99. The Balaban J connectivity index is 1.74. The van der Waals surface area contributed by atoms with Gasteiger partial charge in [-0.05, 0) is 35.0 Å². The number of hydrogen-bond acceptors (Lipinski definition) is 9. The van der Waals surface area contributed by atoms with E-state index in [1.807, 2.05) is 25.1 Å². The average Bonchev–Trinajstić information content (AvgIpc) is 3.25. The van der Waals surface area contributed by atoms with Crippen molar-refractivity contribution in [2.75, 3.05) is 39.5 Å². The predicted octanol–water partition coefficient (Wildman–Crippen LogP) is 2.74. The zero-order valence-electron chi connectivity index (χ0n) is 17.8. The molecule has 0 aliphatic rings. The number of aromatic nitrogens is 4. The van der Waals surface area contributed by atoms with Crippen LogP contribution in [0.4, 0.5) is 5.69 Å². The Morgan fingerprint density at radius 2 is 1.68 bits per heavy atom. The van der Waals surface area contributed by atoms with E-state index in [4.69, 9.17) is 18.9 Å². The first-order chi connectivity index (χ1) is 15.0. The second kappa shape index (κ2) is 10.0. The number of methoxy groups -OCH3 is 4. The topological polar surface area (TPSA) is 110 Å². The van der Waals surface area contributed by atoms with Crippen molar-refractivity contribution in [2.24, 2.45) is 0 Å². The fourth-order valence-electron chi connectivity index (χ4n) is 2.87. The van der Waals surface area contributed by atoms with Gasteiger partial charge in [0.25, 0.3) is 0 Å². The van der Waals surface area contributed by atoms with Gasteiger partial charge in [0.05, 0.1) is 34.2 Å². The van der Waals surface area contributed by atoms with Gasteiger partial charge < -0.3 is 24.3 Å². The molecule has 0 radical (unpaired) electrons. The van der Waals surface area contributed by atoms with Crippen molar-refractivity contribution in [3.63, 3.8) is 0 Å². The molecule has 164 valence electrons. The number of thioether (sulfide) groups is 1. The van der Waals surface area contributed by atoms with Gasteiger partial charge in [0.2, 0.25) is 16.8 Å². The maximum Gasteiger partial charge on any atom is 0.234 e. The largest absolute Gasteiger partial charge is 0.494 e. The summed E-state index contributed by atoms with van der Waals surface area (Å²) >= 11 is 1.20. The van der Waals surface area contributed by atoms with E-state index in [0.717, 1.165) is 5.56 Å². The first-order valence-corrected chi connectivity index (χ1v) is 10.1. The molecule has 0 aliphatic heterocycles. The minimum Gasteiger partial charge on any atom is -0.494 e. The molecule has 0 atom stereocenters. The number of rotatable bonds is 9. The lowest BCUT2D eigenvalue weighted by molar-refractivity contribution is -0.113. The van der Waals surface area contributed by atoms with Crippen molar-refractivity contribution >= 4 is 23.4 Å². The molecule has 1 aromatic heterocycles. The molecule has 3 aromatic rings. The van der Waals surface area contributed by atoms with E-state index < -0.39 is 0 Å². The van der Waals surface area contributed by atoms with Crippen LogP contribution in [0.15, 0.2) is 35.5 Å². The van der Waals surface area contributed by atoms with Gasteiger partial charge in [-0.2, -0.15) is 4.68 Å². The van der Waals surface area contributed by atoms with Crippen LogP contribution in [0.1, 0.15) is 5.56 Å². The molecule has 0 spiro atoms. The van der Waals surface area contributed by atoms with E-state index in [0.29, 0.717) is 39.5 Å². The smallest absolute Gasteiger partial charge is 0.234 e. The third-order valence-electron chi connectivity index (χ3n) is 4.28. The number of ether oxygens (including phenoxy) is 4. The molecular weight excluding hydrogens is 422 g/mol. The SMILES string of the molecule is COc1ccc(C)cc1-n1nnnc1SCC(=O)Nc1cc(OC)c(OC)c(OC)c1. The van der Waals surface area contributed by atoms with Gasteiger partial charge in [0.15, 0.2) is 11.5 Å². The quantitative estimate of drug-likeness (QED) is 0.497. The Bertz CT molecular complexity index is 1050. The first kappa shape index (κ1) is 22.2. The summed E-state index contributed by atoms with van der Waals surface area (Å²) in [6.07, 6.45) is 0. The van der Waals surface area contributed by atoms with E-state index in [9.17, 15) is 4.79 Å². The number of nitrogens with zero attached hydrogens (tertiary/aromatic N) is 4. The molecule has 0 saturated heterocycles. The van der Waals surface area contributed by atoms with Crippen molar-refractivity contribution in [3.05, 3.63) is 35.9 Å². The van der Waals surface area contributed by atoms with Crippen LogP contribution in [0.2, 0.25) is 0 Å². The second-order valence-corrected chi connectivity index (χ2v) is 7.24. The molecule has 11 heteroatoms. The second-order valence-electron chi connectivity index (χ2n) is 6.30. The lowest BCUT2D eigenvalue weighted by Gasteiger charge is -2.14. The van der Waals surface area contributed by atoms with Crippen molar-refractivity contribution < 1.29 is 23.7 Å². The molecule has 1 amide bonds. The maximum absolute atomic E-state index is 12.5. The number of amides is 1. The van der Waals surface area contributed by atoms with Crippen molar-refractivity contribution in [2.45, 2.75) is 12.1 Å². The van der Waals surface area contributed by atoms with Gasteiger partial charge in [-0.15, -0.1) is 5.10 Å². The van der Waals surface area contributed by atoms with Gasteiger partial charge >= 0.3 is 0 Å². The molecule has 0 aliphatic carbocycles. The number of nitrogens with one attached hydrogen (secondary N) is 1. The molecule has 10 nitrogen and oxygen atoms in total. The summed E-state index contributed by atoms with van der Waals surface area (Å²) in [6, 6.07) is 9.01. The van der Waals surface area contributed by atoms with Gasteiger partial charge in [-0.25, -0.2) is 0 Å². The normalized spacial score (nSPS) is 10.5. The van der Waals surface area contributed by atoms with Gasteiger partial charge in [0.1, 0.15) is 11.4 Å². The Kier molecular flexibility index (Phi) is 7.19. The Labute approximate surface area is 183 Å². The van der Waals surface area contributed by atoms with Crippen molar-refractivity contribution in [3.8, 4) is 28.7 Å². The van der Waals surface area contributed by atoms with E-state index >= 15 is 0 Å². The molecular formula is C20H23N5O5S. The summed E-state index contributed by atoms with van der Waals surface area (Å²) in [7, 11) is 6.12. The number of tetrazole rings is 1. The van der Waals surface area contributed by atoms with Crippen LogP contribution in [0.5, 0.6) is 23.0 Å². The first-order valence-electron chi connectivity index (χ1n) is 9.16. The van der Waals surface area contributed by atoms with E-state index in [2.05, 4.69) is 20.8 Å². The number of carbonyl (C=O) groups is 1. The Morgan fingerprint density at radius 1 is 1.00 bits per heavy atom. The molecule has 0 unspecified atom stereocenters. The van der Waals surface area contributed by atoms with Gasteiger partial charge in [0, 0.05) is 17.8 Å². The zero-order chi connectivity index (χ0) is 22.4. The molecule has 1 heterocycles. The summed E-state index contributed by atoms with van der Waals surface area (Å²) in [5.41, 5.74) is 2.24. The Morgan fingerprint density at radius 3 is 2.29 bits per heavy atom. The summed E-state index contributed by atoms with van der Waals surface area (Å²) in [5, 5.41) is 15.1. The van der Waals surface area contributed by atoms with Crippen LogP contribution in [-0.2, 0) is 4.79 Å². The van der Waals surface area contributed by atoms with E-state index in [1.165, 1.54) is 33.1 Å². The number of benzene rings is 2. The van der Waals surface area contributed by atoms with Gasteiger partial charge in [-0.1, -0.05) is 17.8 Å². The summed E-state index contributed by atoms with van der Waals surface area (Å²) in [5.74, 6) is 1.81. The highest BCUT2D eigenvalue weighted by Crippen LogP contribution is 2.40. The number of anilines is 1. The van der Waals surface area contributed by atoms with Crippen LogP contribution in [0.25, 0.3) is 5.69 Å². The predicted molar refractivity (Wildman–Crippen MR) is 116 cm³/mol. The molecule has 0 saturated carbocycles. The third-order valence-corrected chi connectivity index (χ3v) is 5.20. The van der Waals surface area contributed by atoms with Crippen LogP contribution in [-0.4, -0.2) is 60.3 Å². The minimum absolute atomic E-state index is 0.0885. The monoisotopic (exact) mass is 445 g/mol. The molecule has 0 fully saturated rings. The molecule has 31 heavy (non-hydrogen) atoms. The molecule has 2 aromatic carbocycles. The minimum atomic E-state index is -0.245. The average molecular weight is 446 g/mol. The highest BCUT2D eigenvalue weighted by Gasteiger charge is 2.17. The van der Waals surface area contributed by atoms with Crippen LogP contribution in [0, 0.1) is 6.92 Å². The molecule has 1 N–H and O–H groups in total. The van der Waals surface area contributed by atoms with Crippen molar-refractivity contribution in [1.82, 2.24) is 20.2 Å². The standard InChI is InChI=1S/C20H23N5O5S/c1-12-6-7-15(27-2)14(8-12)25-20(22-23-24-25)31-11-18(26)21-13-9-16(28-3)19(30-5)17(10-13)29-4/h6-10H,11H2,1-5H3,(H,21,26).